The normalized spacial score (nSPS) is 26.9. The van der Waals surface area contributed by atoms with E-state index < -0.39 is 0 Å². The molecule has 0 saturated heterocycles. The lowest BCUT2D eigenvalue weighted by atomic mass is 9.81. The Morgan fingerprint density at radius 1 is 1.17 bits per heavy atom. The quantitative estimate of drug-likeness (QED) is 0.799. The highest BCUT2D eigenvalue weighted by Gasteiger charge is 2.26. The molecule has 0 aromatic carbocycles. The van der Waals surface area contributed by atoms with Crippen molar-refractivity contribution in [2.75, 3.05) is 11.9 Å². The third-order valence-electron chi connectivity index (χ3n) is 4.21. The van der Waals surface area contributed by atoms with Gasteiger partial charge in [-0.25, -0.2) is 9.97 Å². The average Bonchev–Trinajstić information content (AvgIpc) is 2.58. The summed E-state index contributed by atoms with van der Waals surface area (Å²) < 4.78 is 0. The van der Waals surface area contributed by atoms with Gasteiger partial charge < -0.3 is 11.1 Å². The Morgan fingerprint density at radius 3 is 2.83 bits per heavy atom. The van der Waals surface area contributed by atoms with Gasteiger partial charge in [0.1, 0.15) is 12.1 Å². The summed E-state index contributed by atoms with van der Waals surface area (Å²) in [6.45, 7) is 1.01. The molecule has 18 heavy (non-hydrogen) atoms. The van der Waals surface area contributed by atoms with Crippen molar-refractivity contribution in [3.63, 3.8) is 0 Å². The molecule has 4 heteroatoms. The second-order valence-corrected chi connectivity index (χ2v) is 5.69. The minimum atomic E-state index is 0.430. The Bertz CT molecular complexity index is 412. The molecule has 3 N–H and O–H groups in total. The van der Waals surface area contributed by atoms with E-state index in [9.17, 15) is 0 Å². The van der Waals surface area contributed by atoms with Crippen LogP contribution in [0.3, 0.4) is 0 Å². The second kappa shape index (κ2) is 5.22. The topological polar surface area (TPSA) is 63.8 Å². The highest BCUT2D eigenvalue weighted by Crippen LogP contribution is 2.27. The van der Waals surface area contributed by atoms with E-state index in [1.807, 2.05) is 0 Å². The van der Waals surface area contributed by atoms with Crippen LogP contribution in [0.1, 0.15) is 43.4 Å². The highest BCUT2D eigenvalue weighted by molar-refractivity contribution is 5.46. The maximum atomic E-state index is 5.82. The van der Waals surface area contributed by atoms with Gasteiger partial charge in [-0.1, -0.05) is 6.42 Å². The number of nitrogens with two attached hydrogens (primary N) is 1. The van der Waals surface area contributed by atoms with Crippen molar-refractivity contribution >= 4 is 5.82 Å². The van der Waals surface area contributed by atoms with Crippen LogP contribution >= 0.6 is 0 Å². The molecule has 2 aliphatic rings. The molecule has 0 aliphatic heterocycles. The molecule has 0 unspecified atom stereocenters. The van der Waals surface area contributed by atoms with E-state index in [-0.39, 0.29) is 0 Å². The molecule has 1 aromatic rings. The zero-order valence-electron chi connectivity index (χ0n) is 10.9. The number of aryl methyl sites for hydroxylation is 1. The molecule has 0 spiro atoms. The lowest BCUT2D eigenvalue weighted by Crippen LogP contribution is -2.39. The van der Waals surface area contributed by atoms with Gasteiger partial charge in [0, 0.05) is 23.8 Å². The third-order valence-corrected chi connectivity index (χ3v) is 4.21. The largest absolute Gasteiger partial charge is 0.369 e. The summed E-state index contributed by atoms with van der Waals surface area (Å²) >= 11 is 0. The van der Waals surface area contributed by atoms with E-state index in [1.165, 1.54) is 30.5 Å². The van der Waals surface area contributed by atoms with Crippen LogP contribution in [0.15, 0.2) is 6.33 Å². The zero-order chi connectivity index (χ0) is 12.4. The molecule has 98 valence electrons. The van der Waals surface area contributed by atoms with Gasteiger partial charge in [0.15, 0.2) is 0 Å². The van der Waals surface area contributed by atoms with Gasteiger partial charge >= 0.3 is 0 Å². The van der Waals surface area contributed by atoms with Crippen molar-refractivity contribution in [1.29, 1.82) is 0 Å². The number of fused-ring (bicyclic) bond motifs is 1. The van der Waals surface area contributed by atoms with Gasteiger partial charge in [-0.05, 0) is 44.4 Å². The van der Waals surface area contributed by atoms with E-state index in [0.29, 0.717) is 6.04 Å². The van der Waals surface area contributed by atoms with Crippen molar-refractivity contribution in [3.05, 3.63) is 17.6 Å². The molecular weight excluding hydrogens is 224 g/mol. The summed E-state index contributed by atoms with van der Waals surface area (Å²) in [5.74, 6) is 1.80. The fraction of sp³-hybridized carbons (Fsp3) is 0.714. The summed E-state index contributed by atoms with van der Waals surface area (Å²) in [5.41, 5.74) is 8.44. The van der Waals surface area contributed by atoms with Crippen LogP contribution in [0.4, 0.5) is 5.82 Å². The molecule has 0 amide bonds. The van der Waals surface area contributed by atoms with Crippen LogP contribution in [0.25, 0.3) is 0 Å². The average molecular weight is 246 g/mol. The summed E-state index contributed by atoms with van der Waals surface area (Å²) in [7, 11) is 0. The molecule has 3 rings (SSSR count). The summed E-state index contributed by atoms with van der Waals surface area (Å²) in [6.07, 6.45) is 10.1. The van der Waals surface area contributed by atoms with E-state index >= 15 is 0 Å². The van der Waals surface area contributed by atoms with Crippen LogP contribution in [0.5, 0.6) is 0 Å². The zero-order valence-corrected chi connectivity index (χ0v) is 10.9. The van der Waals surface area contributed by atoms with Gasteiger partial charge in [-0.2, -0.15) is 0 Å². The molecular formula is C14H22N4. The number of hydrogen-bond acceptors (Lipinski definition) is 4. The molecule has 0 atom stereocenters. The molecule has 4 nitrogen and oxygen atoms in total. The van der Waals surface area contributed by atoms with Crippen LogP contribution in [0.2, 0.25) is 0 Å². The van der Waals surface area contributed by atoms with E-state index in [2.05, 4.69) is 15.3 Å². The van der Waals surface area contributed by atoms with Gasteiger partial charge in [0.25, 0.3) is 0 Å². The summed E-state index contributed by atoms with van der Waals surface area (Å²) in [5, 5.41) is 3.52. The van der Waals surface area contributed by atoms with E-state index in [1.54, 1.807) is 6.33 Å². The summed E-state index contributed by atoms with van der Waals surface area (Å²) in [6, 6.07) is 0.430. The Labute approximate surface area is 108 Å². The van der Waals surface area contributed by atoms with Crippen molar-refractivity contribution in [1.82, 2.24) is 9.97 Å². The first kappa shape index (κ1) is 11.9. The Morgan fingerprint density at radius 2 is 2.00 bits per heavy atom. The van der Waals surface area contributed by atoms with Gasteiger partial charge in [-0.3, -0.25) is 0 Å². The highest BCUT2D eigenvalue weighted by atomic mass is 15.0. The number of hydrogen-bond donors (Lipinski definition) is 2. The van der Waals surface area contributed by atoms with Crippen LogP contribution in [-0.2, 0) is 12.8 Å². The van der Waals surface area contributed by atoms with Crippen molar-refractivity contribution in [3.8, 4) is 0 Å². The van der Waals surface area contributed by atoms with Crippen molar-refractivity contribution in [2.45, 2.75) is 51.0 Å². The van der Waals surface area contributed by atoms with Crippen LogP contribution in [-0.4, -0.2) is 22.6 Å². The Hall–Kier alpha value is -1.16. The predicted molar refractivity (Wildman–Crippen MR) is 72.5 cm³/mol. The molecule has 1 fully saturated rings. The number of nitrogens with one attached hydrogen (secondary N) is 1. The minimum absolute atomic E-state index is 0.430. The minimum Gasteiger partial charge on any atom is -0.369 e. The molecule has 0 radical (unpaired) electrons. The smallest absolute Gasteiger partial charge is 0.132 e. The number of nitrogens with zero attached hydrogens (tertiary/aromatic N) is 2. The monoisotopic (exact) mass is 246 g/mol. The fourth-order valence-corrected chi connectivity index (χ4v) is 3.05. The van der Waals surface area contributed by atoms with Crippen molar-refractivity contribution < 1.29 is 0 Å². The van der Waals surface area contributed by atoms with E-state index in [0.717, 1.165) is 44.0 Å². The molecule has 1 heterocycles. The van der Waals surface area contributed by atoms with Crippen LogP contribution in [0, 0.1) is 5.92 Å². The first-order valence-corrected chi connectivity index (χ1v) is 7.15. The molecule has 2 aliphatic carbocycles. The Kier molecular flexibility index (Phi) is 3.46. The lowest BCUT2D eigenvalue weighted by molar-refractivity contribution is 0.280. The first-order chi connectivity index (χ1) is 8.83. The predicted octanol–water partition coefficient (Wildman–Crippen LogP) is 1.89. The molecule has 0 bridgehead atoms. The van der Waals surface area contributed by atoms with Gasteiger partial charge in [-0.15, -0.1) is 0 Å². The molecule has 1 saturated carbocycles. The maximum Gasteiger partial charge on any atom is 0.132 e. The lowest BCUT2D eigenvalue weighted by Gasteiger charge is -2.32. The number of anilines is 1. The third kappa shape index (κ3) is 2.48. The SMILES string of the molecule is NC1CC(CNc2ncnc3c2CCCCC3)C1. The number of aromatic nitrogens is 2. The Balaban J connectivity index is 1.67. The van der Waals surface area contributed by atoms with Crippen molar-refractivity contribution in [2.24, 2.45) is 11.7 Å². The van der Waals surface area contributed by atoms with Crippen LogP contribution < -0.4 is 11.1 Å². The maximum absolute atomic E-state index is 5.82. The molecule has 1 aromatic heterocycles. The standard InChI is InChI=1S/C14H22N4/c15-11-6-10(7-11)8-16-14-12-4-2-1-3-5-13(12)17-9-18-14/h9-11H,1-8,15H2,(H,16,17,18). The first-order valence-electron chi connectivity index (χ1n) is 7.15. The van der Waals surface area contributed by atoms with Gasteiger partial charge in [0.05, 0.1) is 0 Å². The second-order valence-electron chi connectivity index (χ2n) is 5.69. The number of rotatable bonds is 3. The fourth-order valence-electron chi connectivity index (χ4n) is 3.05. The van der Waals surface area contributed by atoms with Gasteiger partial charge in [0.2, 0.25) is 0 Å². The summed E-state index contributed by atoms with van der Waals surface area (Å²) in [4.78, 5) is 8.87. The van der Waals surface area contributed by atoms with E-state index in [4.69, 9.17) is 5.73 Å².